The molecule has 0 aliphatic heterocycles. The fraction of sp³-hybridized carbons (Fsp3) is 0.556. The monoisotopic (exact) mass is 282 g/mol. The van der Waals surface area contributed by atoms with Crippen molar-refractivity contribution in [3.63, 3.8) is 0 Å². The average Bonchev–Trinajstić information content (AvgIpc) is 2.47. The van der Waals surface area contributed by atoms with Crippen molar-refractivity contribution in [1.82, 2.24) is 0 Å². The maximum Gasteiger partial charge on any atom is 0.242 e. The van der Waals surface area contributed by atoms with Gasteiger partial charge in [-0.2, -0.15) is 0 Å². The lowest BCUT2D eigenvalue weighted by Gasteiger charge is -2.30. The minimum Gasteiger partial charge on any atom is -0.338 e. The first-order valence-corrected chi connectivity index (χ1v) is 9.55. The highest BCUT2D eigenvalue weighted by molar-refractivity contribution is 8.67. The first-order chi connectivity index (χ1) is 6.70. The summed E-state index contributed by atoms with van der Waals surface area (Å²) >= 11 is 7.43. The number of hydrogen-bond donors (Lipinski definition) is 2. The zero-order valence-electron chi connectivity index (χ0n) is 8.88. The highest BCUT2D eigenvalue weighted by Gasteiger charge is 2.31. The van der Waals surface area contributed by atoms with E-state index >= 15 is 0 Å². The molecule has 0 saturated heterocycles. The third kappa shape index (κ3) is 4.55. The lowest BCUT2D eigenvalue weighted by atomic mass is 9.91. The molecule has 2 N–H and O–H groups in total. The molecule has 1 unspecified atom stereocenters. The summed E-state index contributed by atoms with van der Waals surface area (Å²) in [6.07, 6.45) is 0. The third-order valence-electron chi connectivity index (χ3n) is 1.83. The largest absolute Gasteiger partial charge is 0.338 e. The van der Waals surface area contributed by atoms with Crippen LogP contribution in [-0.2, 0) is 11.8 Å². The smallest absolute Gasteiger partial charge is 0.242 e. The fourth-order valence-corrected chi connectivity index (χ4v) is 6.35. The van der Waals surface area contributed by atoms with Crippen LogP contribution in [0.25, 0.3) is 0 Å². The van der Waals surface area contributed by atoms with E-state index in [4.69, 9.17) is 11.8 Å². The SMILES string of the molecule is CC(C)(C)C(SP(O)(O)=S)c1cccs1. The van der Waals surface area contributed by atoms with Crippen molar-refractivity contribution in [3.05, 3.63) is 22.4 Å². The highest BCUT2D eigenvalue weighted by Crippen LogP contribution is 2.62. The predicted octanol–water partition coefficient (Wildman–Crippen LogP) is 3.78. The van der Waals surface area contributed by atoms with E-state index < -0.39 is 5.69 Å². The van der Waals surface area contributed by atoms with E-state index in [0.29, 0.717) is 0 Å². The first-order valence-electron chi connectivity index (χ1n) is 4.47. The standard InChI is InChI=1S/C9H15O2PS3/c1-9(2,3)8(15-12(10,11)13)7-5-4-6-14-7/h4-6,8H,1-3H3,(H2,10,11,13). The summed E-state index contributed by atoms with van der Waals surface area (Å²) in [6, 6.07) is 3.98. The van der Waals surface area contributed by atoms with Crippen LogP contribution in [0.2, 0.25) is 0 Å². The van der Waals surface area contributed by atoms with E-state index in [-0.39, 0.29) is 10.7 Å². The van der Waals surface area contributed by atoms with E-state index in [2.05, 4.69) is 20.8 Å². The Morgan fingerprint density at radius 1 is 1.47 bits per heavy atom. The molecule has 0 aromatic carbocycles. The molecule has 0 saturated carbocycles. The molecule has 1 aromatic heterocycles. The van der Waals surface area contributed by atoms with Gasteiger partial charge in [-0.15, -0.1) is 11.3 Å². The second-order valence-electron chi connectivity index (χ2n) is 4.36. The van der Waals surface area contributed by atoms with Crippen molar-refractivity contribution in [1.29, 1.82) is 0 Å². The van der Waals surface area contributed by atoms with E-state index in [1.54, 1.807) is 11.3 Å². The molecule has 6 heteroatoms. The van der Waals surface area contributed by atoms with Crippen LogP contribution in [0.1, 0.15) is 30.9 Å². The molecule has 1 heterocycles. The number of hydrogen-bond acceptors (Lipinski definition) is 3. The van der Waals surface area contributed by atoms with Crippen molar-refractivity contribution in [2.75, 3.05) is 0 Å². The Balaban J connectivity index is 2.95. The molecule has 86 valence electrons. The molecule has 0 radical (unpaired) electrons. The van der Waals surface area contributed by atoms with Gasteiger partial charge in [0.25, 0.3) is 0 Å². The van der Waals surface area contributed by atoms with E-state index in [0.717, 1.165) is 16.3 Å². The topological polar surface area (TPSA) is 40.5 Å². The quantitative estimate of drug-likeness (QED) is 0.828. The van der Waals surface area contributed by atoms with Gasteiger partial charge in [0.05, 0.1) is 5.25 Å². The van der Waals surface area contributed by atoms with Gasteiger partial charge in [-0.25, -0.2) is 0 Å². The van der Waals surface area contributed by atoms with Gasteiger partial charge in [0, 0.05) is 4.88 Å². The van der Waals surface area contributed by atoms with Crippen molar-refractivity contribution in [2.45, 2.75) is 26.0 Å². The first kappa shape index (κ1) is 13.7. The molecule has 0 amide bonds. The lowest BCUT2D eigenvalue weighted by Crippen LogP contribution is -2.14. The van der Waals surface area contributed by atoms with Gasteiger partial charge in [-0.3, -0.25) is 0 Å². The summed E-state index contributed by atoms with van der Waals surface area (Å²) < 4.78 is 0. The molecule has 1 atom stereocenters. The van der Waals surface area contributed by atoms with Gasteiger partial charge in [-0.05, 0) is 28.7 Å². The van der Waals surface area contributed by atoms with Gasteiger partial charge >= 0.3 is 0 Å². The van der Waals surface area contributed by atoms with Gasteiger partial charge in [0.2, 0.25) is 5.69 Å². The molecule has 1 aromatic rings. The van der Waals surface area contributed by atoms with Gasteiger partial charge < -0.3 is 9.79 Å². The van der Waals surface area contributed by atoms with Crippen molar-refractivity contribution in [2.24, 2.45) is 5.41 Å². The summed E-state index contributed by atoms with van der Waals surface area (Å²) in [4.78, 5) is 19.9. The van der Waals surface area contributed by atoms with Crippen molar-refractivity contribution < 1.29 is 9.79 Å². The Bertz CT molecular complexity index is 350. The molecule has 0 spiro atoms. The summed E-state index contributed by atoms with van der Waals surface area (Å²) in [5.74, 6) is 0. The van der Waals surface area contributed by atoms with Crippen LogP contribution in [0.15, 0.2) is 17.5 Å². The summed E-state index contributed by atoms with van der Waals surface area (Å²) in [5.41, 5.74) is -3.24. The predicted molar refractivity (Wildman–Crippen MR) is 72.8 cm³/mol. The molecule has 0 aliphatic carbocycles. The fourth-order valence-electron chi connectivity index (χ4n) is 1.21. The molecular weight excluding hydrogens is 267 g/mol. The van der Waals surface area contributed by atoms with Crippen LogP contribution in [0.5, 0.6) is 0 Å². The Kier molecular flexibility index (Phi) is 4.43. The zero-order chi connectivity index (χ0) is 11.7. The average molecular weight is 282 g/mol. The Labute approximate surface area is 104 Å². The molecule has 1 rings (SSSR count). The number of thiophene rings is 1. The Morgan fingerprint density at radius 3 is 2.40 bits per heavy atom. The van der Waals surface area contributed by atoms with Crippen LogP contribution in [0, 0.1) is 5.41 Å². The van der Waals surface area contributed by atoms with Crippen molar-refractivity contribution >= 4 is 40.2 Å². The highest BCUT2D eigenvalue weighted by atomic mass is 32.9. The second-order valence-corrected chi connectivity index (χ2v) is 11.4. The number of rotatable bonds is 3. The molecule has 2 nitrogen and oxygen atoms in total. The molecule has 0 aliphatic rings. The lowest BCUT2D eigenvalue weighted by molar-refractivity contribution is 0.405. The van der Waals surface area contributed by atoms with Crippen LogP contribution < -0.4 is 0 Å². The summed E-state index contributed by atoms with van der Waals surface area (Å²) in [6.45, 7) is 6.24. The maximum atomic E-state index is 9.40. The molecule has 0 bridgehead atoms. The summed E-state index contributed by atoms with van der Waals surface area (Å²) in [7, 11) is 0. The molecule has 15 heavy (non-hydrogen) atoms. The third-order valence-corrected chi connectivity index (χ3v) is 6.59. The van der Waals surface area contributed by atoms with E-state index in [1.165, 1.54) is 0 Å². The van der Waals surface area contributed by atoms with Gasteiger partial charge in [0.1, 0.15) is 0 Å². The van der Waals surface area contributed by atoms with Crippen LogP contribution in [-0.4, -0.2) is 9.79 Å². The Hall–Kier alpha value is 0.620. The summed E-state index contributed by atoms with van der Waals surface area (Å²) in [5, 5.41) is 2.03. The minimum atomic E-state index is -3.20. The second kappa shape index (κ2) is 4.86. The minimum absolute atomic E-state index is 0.0367. The zero-order valence-corrected chi connectivity index (χ0v) is 12.2. The van der Waals surface area contributed by atoms with Crippen LogP contribution in [0.3, 0.4) is 0 Å². The van der Waals surface area contributed by atoms with Crippen molar-refractivity contribution in [3.8, 4) is 0 Å². The van der Waals surface area contributed by atoms with Crippen LogP contribution >= 0.6 is 28.4 Å². The van der Waals surface area contributed by atoms with E-state index in [1.807, 2.05) is 17.5 Å². The Morgan fingerprint density at radius 2 is 2.07 bits per heavy atom. The normalized spacial score (nSPS) is 15.3. The van der Waals surface area contributed by atoms with Crippen LogP contribution in [0.4, 0.5) is 0 Å². The molecule has 0 fully saturated rings. The van der Waals surface area contributed by atoms with Gasteiger partial charge in [0.15, 0.2) is 0 Å². The molecular formula is C9H15O2PS3. The maximum absolute atomic E-state index is 9.40. The van der Waals surface area contributed by atoms with Gasteiger partial charge in [-0.1, -0.05) is 38.2 Å². The van der Waals surface area contributed by atoms with E-state index in [9.17, 15) is 9.79 Å².